The first-order valence-corrected chi connectivity index (χ1v) is 6.68. The summed E-state index contributed by atoms with van der Waals surface area (Å²) in [7, 11) is 0. The predicted molar refractivity (Wildman–Crippen MR) is 83.4 cm³/mol. The highest BCUT2D eigenvalue weighted by atomic mass is 35.5. The lowest BCUT2D eigenvalue weighted by Crippen LogP contribution is -2.13. The number of nitriles is 1. The molecule has 1 amide bonds. The Bertz CT molecular complexity index is 820. The van der Waals surface area contributed by atoms with Crippen molar-refractivity contribution in [3.63, 3.8) is 0 Å². The second-order valence-corrected chi connectivity index (χ2v) is 4.94. The molecule has 2 aromatic carbocycles. The lowest BCUT2D eigenvalue weighted by Gasteiger charge is -2.05. The van der Waals surface area contributed by atoms with Crippen molar-refractivity contribution >= 4 is 29.3 Å². The van der Waals surface area contributed by atoms with Gasteiger partial charge in [0, 0.05) is 10.7 Å². The summed E-state index contributed by atoms with van der Waals surface area (Å²) in [5, 5.41) is 30.5. The van der Waals surface area contributed by atoms with Gasteiger partial charge in [0.05, 0.1) is 0 Å². The minimum atomic E-state index is -1.07. The van der Waals surface area contributed by atoms with Crippen LogP contribution in [-0.4, -0.2) is 16.1 Å². The molecule has 0 unspecified atom stereocenters. The molecule has 0 bridgehead atoms. The van der Waals surface area contributed by atoms with Crippen molar-refractivity contribution in [1.82, 2.24) is 0 Å². The summed E-state index contributed by atoms with van der Waals surface area (Å²) in [6.45, 7) is 0. The molecule has 116 valence electrons. The highest BCUT2D eigenvalue weighted by molar-refractivity contribution is 6.31. The summed E-state index contributed by atoms with van der Waals surface area (Å²) in [5.74, 6) is -3.38. The number of hydrogen-bond acceptors (Lipinski definition) is 4. The zero-order chi connectivity index (χ0) is 17.0. The molecule has 23 heavy (non-hydrogen) atoms. The molecule has 0 heterocycles. The number of carbonyl (C=O) groups excluding carboxylic acids is 1. The minimum absolute atomic E-state index is 0.0515. The van der Waals surface area contributed by atoms with E-state index in [0.717, 1.165) is 18.2 Å². The number of nitrogens with one attached hydrogen (secondary N) is 1. The van der Waals surface area contributed by atoms with E-state index < -0.39 is 23.2 Å². The number of anilines is 1. The molecule has 0 saturated heterocycles. The van der Waals surface area contributed by atoms with Crippen molar-refractivity contribution in [2.24, 2.45) is 0 Å². The molecule has 0 saturated carbocycles. The average Bonchev–Trinajstić information content (AvgIpc) is 2.50. The van der Waals surface area contributed by atoms with E-state index in [-0.39, 0.29) is 11.1 Å². The number of carbonyl (C=O) groups is 1. The van der Waals surface area contributed by atoms with Crippen LogP contribution < -0.4 is 5.32 Å². The standard InChI is InChI=1S/C16H10ClFN2O3/c17-11-2-1-3-12(7-11)20-16(23)10(8-19)4-9-5-13(18)15(22)14(21)6-9/h1-7,21-22H,(H,20,23). The Labute approximate surface area is 135 Å². The lowest BCUT2D eigenvalue weighted by molar-refractivity contribution is -0.112. The molecule has 5 nitrogen and oxygen atoms in total. The van der Waals surface area contributed by atoms with Gasteiger partial charge in [0.25, 0.3) is 5.91 Å². The van der Waals surface area contributed by atoms with Gasteiger partial charge < -0.3 is 15.5 Å². The van der Waals surface area contributed by atoms with E-state index >= 15 is 0 Å². The third-order valence-corrected chi connectivity index (χ3v) is 3.06. The van der Waals surface area contributed by atoms with Crippen LogP contribution in [-0.2, 0) is 4.79 Å². The molecular weight excluding hydrogens is 323 g/mol. The van der Waals surface area contributed by atoms with Crippen LogP contribution in [0.25, 0.3) is 6.08 Å². The molecule has 0 aliphatic heterocycles. The Morgan fingerprint density at radius 3 is 2.65 bits per heavy atom. The number of rotatable bonds is 3. The van der Waals surface area contributed by atoms with Crippen molar-refractivity contribution in [2.45, 2.75) is 0 Å². The van der Waals surface area contributed by atoms with Crippen molar-refractivity contribution in [3.05, 3.63) is 58.4 Å². The summed E-state index contributed by atoms with van der Waals surface area (Å²) in [6, 6.07) is 9.95. The Kier molecular flexibility index (Phi) is 4.84. The van der Waals surface area contributed by atoms with Gasteiger partial charge in [0.1, 0.15) is 11.6 Å². The third kappa shape index (κ3) is 3.99. The van der Waals surface area contributed by atoms with Crippen LogP contribution in [0, 0.1) is 17.1 Å². The fourth-order valence-corrected chi connectivity index (χ4v) is 1.96. The zero-order valence-electron chi connectivity index (χ0n) is 11.5. The van der Waals surface area contributed by atoms with E-state index in [9.17, 15) is 14.3 Å². The molecular formula is C16H10ClFN2O3. The SMILES string of the molecule is N#CC(=Cc1cc(O)c(O)c(F)c1)C(=O)Nc1cccc(Cl)c1. The molecule has 2 rings (SSSR count). The molecule has 0 spiro atoms. The number of benzene rings is 2. The van der Waals surface area contributed by atoms with E-state index in [1.807, 2.05) is 0 Å². The van der Waals surface area contributed by atoms with Gasteiger partial charge in [-0.3, -0.25) is 4.79 Å². The molecule has 0 aliphatic carbocycles. The first kappa shape index (κ1) is 16.3. The maximum absolute atomic E-state index is 13.3. The van der Waals surface area contributed by atoms with Crippen LogP contribution in [0.15, 0.2) is 42.0 Å². The van der Waals surface area contributed by atoms with E-state index in [1.165, 1.54) is 6.07 Å². The molecule has 0 aliphatic rings. The summed E-state index contributed by atoms with van der Waals surface area (Å²) in [6.07, 6.45) is 1.09. The Hall–Kier alpha value is -3.04. The lowest BCUT2D eigenvalue weighted by atomic mass is 10.1. The van der Waals surface area contributed by atoms with Gasteiger partial charge in [-0.25, -0.2) is 4.39 Å². The zero-order valence-corrected chi connectivity index (χ0v) is 12.3. The molecule has 3 N–H and O–H groups in total. The molecule has 0 aromatic heterocycles. The second kappa shape index (κ2) is 6.81. The molecule has 0 radical (unpaired) electrons. The van der Waals surface area contributed by atoms with Crippen LogP contribution in [0.3, 0.4) is 0 Å². The number of nitrogens with zero attached hydrogens (tertiary/aromatic N) is 1. The maximum atomic E-state index is 13.3. The van der Waals surface area contributed by atoms with E-state index in [0.29, 0.717) is 10.7 Å². The topological polar surface area (TPSA) is 93.3 Å². The summed E-state index contributed by atoms with van der Waals surface area (Å²) in [4.78, 5) is 12.0. The van der Waals surface area contributed by atoms with Crippen LogP contribution in [0.2, 0.25) is 5.02 Å². The average molecular weight is 333 g/mol. The normalized spacial score (nSPS) is 10.9. The Morgan fingerprint density at radius 2 is 2.04 bits per heavy atom. The number of amides is 1. The van der Waals surface area contributed by atoms with Crippen molar-refractivity contribution in [1.29, 1.82) is 5.26 Å². The smallest absolute Gasteiger partial charge is 0.266 e. The van der Waals surface area contributed by atoms with Gasteiger partial charge in [0.15, 0.2) is 17.3 Å². The molecule has 0 fully saturated rings. The molecule has 2 aromatic rings. The number of phenolic OH excluding ortho intramolecular Hbond substituents is 2. The van der Waals surface area contributed by atoms with E-state index in [1.54, 1.807) is 24.3 Å². The highest BCUT2D eigenvalue weighted by Crippen LogP contribution is 2.29. The van der Waals surface area contributed by atoms with Gasteiger partial charge in [-0.15, -0.1) is 0 Å². The summed E-state index contributed by atoms with van der Waals surface area (Å²) in [5.41, 5.74) is 0.133. The maximum Gasteiger partial charge on any atom is 0.266 e. The van der Waals surface area contributed by atoms with Crippen LogP contribution in [0.4, 0.5) is 10.1 Å². The van der Waals surface area contributed by atoms with Crippen molar-refractivity contribution in [2.75, 3.05) is 5.32 Å². The number of phenols is 2. The third-order valence-electron chi connectivity index (χ3n) is 2.82. The summed E-state index contributed by atoms with van der Waals surface area (Å²) >= 11 is 5.80. The molecule has 7 heteroatoms. The van der Waals surface area contributed by atoms with Gasteiger partial charge in [-0.1, -0.05) is 17.7 Å². The monoisotopic (exact) mass is 332 g/mol. The summed E-state index contributed by atoms with van der Waals surface area (Å²) < 4.78 is 13.3. The number of hydrogen-bond donors (Lipinski definition) is 3. The van der Waals surface area contributed by atoms with Gasteiger partial charge in [-0.05, 0) is 42.0 Å². The quantitative estimate of drug-likeness (QED) is 0.456. The fourth-order valence-electron chi connectivity index (χ4n) is 1.77. The van der Waals surface area contributed by atoms with Crippen LogP contribution >= 0.6 is 11.6 Å². The van der Waals surface area contributed by atoms with Crippen LogP contribution in [0.5, 0.6) is 11.5 Å². The van der Waals surface area contributed by atoms with Gasteiger partial charge in [0.2, 0.25) is 0 Å². The first-order chi connectivity index (χ1) is 10.9. The Balaban J connectivity index is 2.28. The highest BCUT2D eigenvalue weighted by Gasteiger charge is 2.12. The van der Waals surface area contributed by atoms with Crippen LogP contribution in [0.1, 0.15) is 5.56 Å². The van der Waals surface area contributed by atoms with E-state index in [2.05, 4.69) is 5.32 Å². The number of halogens is 2. The largest absolute Gasteiger partial charge is 0.504 e. The van der Waals surface area contributed by atoms with Crippen molar-refractivity contribution in [3.8, 4) is 17.6 Å². The fraction of sp³-hybridized carbons (Fsp3) is 0. The Morgan fingerprint density at radius 1 is 1.30 bits per heavy atom. The second-order valence-electron chi connectivity index (χ2n) is 4.50. The van der Waals surface area contributed by atoms with Gasteiger partial charge >= 0.3 is 0 Å². The van der Waals surface area contributed by atoms with Crippen molar-refractivity contribution < 1.29 is 19.4 Å². The predicted octanol–water partition coefficient (Wildman–Crippen LogP) is 3.44. The van der Waals surface area contributed by atoms with Gasteiger partial charge in [-0.2, -0.15) is 5.26 Å². The van der Waals surface area contributed by atoms with E-state index in [4.69, 9.17) is 22.0 Å². The minimum Gasteiger partial charge on any atom is -0.504 e. The number of aromatic hydroxyl groups is 2. The first-order valence-electron chi connectivity index (χ1n) is 6.31. The molecule has 0 atom stereocenters.